The first-order chi connectivity index (χ1) is 15.2. The number of likely N-dealkylation sites (tertiary alicyclic amines) is 2. The molecule has 6 fully saturated rings. The van der Waals surface area contributed by atoms with Crippen LogP contribution in [0.2, 0.25) is 0 Å². The van der Waals surface area contributed by atoms with Gasteiger partial charge < -0.3 is 9.47 Å². The summed E-state index contributed by atoms with van der Waals surface area (Å²) in [6, 6.07) is 0. The lowest BCUT2D eigenvalue weighted by molar-refractivity contribution is -0.145. The number of alkyl halides is 4. The Morgan fingerprint density at radius 1 is 0.531 bits per heavy atom. The van der Waals surface area contributed by atoms with Crippen LogP contribution < -0.4 is 0 Å². The summed E-state index contributed by atoms with van der Waals surface area (Å²) in [7, 11) is 0. The van der Waals surface area contributed by atoms with Crippen molar-refractivity contribution in [3.63, 3.8) is 0 Å². The maximum absolute atomic E-state index is 12.9. The summed E-state index contributed by atoms with van der Waals surface area (Å²) >= 11 is 14.3. The van der Waals surface area contributed by atoms with E-state index in [0.717, 1.165) is 0 Å². The lowest BCUT2D eigenvalue weighted by Gasteiger charge is -2.24. The van der Waals surface area contributed by atoms with E-state index in [1.165, 1.54) is 9.80 Å². The third kappa shape index (κ3) is 2.82. The molecule has 0 aliphatic carbocycles. The van der Waals surface area contributed by atoms with E-state index in [-0.39, 0.29) is 67.4 Å². The van der Waals surface area contributed by atoms with Gasteiger partial charge in [0.1, 0.15) is 0 Å². The van der Waals surface area contributed by atoms with Gasteiger partial charge in [0.05, 0.1) is 67.4 Å². The smallest absolute Gasteiger partial charge is 0.235 e. The highest BCUT2D eigenvalue weighted by Gasteiger charge is 2.69. The van der Waals surface area contributed by atoms with Crippen LogP contribution in [0.25, 0.3) is 0 Å². The molecule has 6 aliphatic heterocycles. The van der Waals surface area contributed by atoms with E-state index in [0.29, 0.717) is 25.9 Å². The minimum Gasteiger partial charge on any atom is -0.371 e. The fourth-order valence-electron chi connectivity index (χ4n) is 6.43. The van der Waals surface area contributed by atoms with Gasteiger partial charge in [0.2, 0.25) is 23.6 Å². The van der Waals surface area contributed by atoms with Gasteiger partial charge in [-0.2, -0.15) is 0 Å². The highest BCUT2D eigenvalue weighted by atomic mass is 79.9. The van der Waals surface area contributed by atoms with E-state index in [1.807, 2.05) is 0 Å². The van der Waals surface area contributed by atoms with Gasteiger partial charge in [0.15, 0.2) is 0 Å². The standard InChI is InChI=1S/C20H20Br4N2O6/c21-9-10(22)14-6-5(13(9)31-14)17(27)25(18(6)28)3-1-2-4-26-19(29)7-8(20(26)30)16-12(24)11(23)15(7)32-16/h5-16H,1-4H2. The summed E-state index contributed by atoms with van der Waals surface area (Å²) in [5, 5.41) is 0. The van der Waals surface area contributed by atoms with E-state index in [1.54, 1.807) is 0 Å². The van der Waals surface area contributed by atoms with Crippen LogP contribution in [0, 0.1) is 23.7 Å². The molecule has 6 heterocycles. The van der Waals surface area contributed by atoms with Gasteiger partial charge in [0, 0.05) is 13.1 Å². The van der Waals surface area contributed by atoms with Gasteiger partial charge in [-0.3, -0.25) is 29.0 Å². The van der Waals surface area contributed by atoms with Crippen LogP contribution in [0.5, 0.6) is 0 Å². The molecule has 6 aliphatic rings. The second-order valence-corrected chi connectivity index (χ2v) is 13.6. The first-order valence-corrected chi connectivity index (χ1v) is 14.5. The quantitative estimate of drug-likeness (QED) is 0.246. The molecule has 32 heavy (non-hydrogen) atoms. The van der Waals surface area contributed by atoms with Gasteiger partial charge >= 0.3 is 0 Å². The molecule has 0 saturated carbocycles. The monoisotopic (exact) mass is 700 g/mol. The average Bonchev–Trinajstić information content (AvgIpc) is 3.56. The van der Waals surface area contributed by atoms with E-state index < -0.39 is 23.7 Å². The molecule has 0 aromatic rings. The zero-order chi connectivity index (χ0) is 22.6. The van der Waals surface area contributed by atoms with Crippen LogP contribution in [0.15, 0.2) is 0 Å². The number of amides is 4. The number of ether oxygens (including phenoxy) is 2. The van der Waals surface area contributed by atoms with Crippen LogP contribution in [-0.4, -0.2) is 90.2 Å². The fourth-order valence-corrected chi connectivity index (χ4v) is 9.45. The Labute approximate surface area is 218 Å². The topological polar surface area (TPSA) is 93.2 Å². The number of carbonyl (C=O) groups is 4. The van der Waals surface area contributed by atoms with Crippen molar-refractivity contribution >= 4 is 87.3 Å². The highest BCUT2D eigenvalue weighted by Crippen LogP contribution is 2.54. The first-order valence-electron chi connectivity index (χ1n) is 10.8. The Bertz CT molecular complexity index is 785. The van der Waals surface area contributed by atoms with Gasteiger partial charge in [-0.1, -0.05) is 63.7 Å². The maximum Gasteiger partial charge on any atom is 0.235 e. The average molecular weight is 704 g/mol. The predicted molar refractivity (Wildman–Crippen MR) is 125 cm³/mol. The van der Waals surface area contributed by atoms with Crippen LogP contribution in [0.3, 0.4) is 0 Å². The first kappa shape index (κ1) is 22.6. The van der Waals surface area contributed by atoms with E-state index >= 15 is 0 Å². The number of fused-ring (bicyclic) bond motifs is 10. The van der Waals surface area contributed by atoms with Crippen molar-refractivity contribution in [2.45, 2.75) is 56.6 Å². The molecule has 8 nitrogen and oxygen atoms in total. The van der Waals surface area contributed by atoms with Crippen LogP contribution in [0.4, 0.5) is 0 Å². The number of rotatable bonds is 5. The maximum atomic E-state index is 12.9. The molecule has 0 aromatic heterocycles. The normalized spacial score (nSPS) is 50.9. The molecule has 6 rings (SSSR count). The Kier molecular flexibility index (Phi) is 5.51. The molecular weight excluding hydrogens is 684 g/mol. The van der Waals surface area contributed by atoms with Crippen molar-refractivity contribution in [3.05, 3.63) is 0 Å². The number of halogens is 4. The summed E-state index contributed by atoms with van der Waals surface area (Å²) in [5.41, 5.74) is 0. The van der Waals surface area contributed by atoms with Gasteiger partial charge in [-0.25, -0.2) is 0 Å². The van der Waals surface area contributed by atoms with Crippen molar-refractivity contribution in [2.75, 3.05) is 13.1 Å². The van der Waals surface area contributed by atoms with Crippen LogP contribution in [0.1, 0.15) is 12.8 Å². The molecule has 6 saturated heterocycles. The molecule has 0 N–H and O–H groups in total. The molecule has 0 spiro atoms. The van der Waals surface area contributed by atoms with Crippen LogP contribution in [-0.2, 0) is 28.7 Å². The number of unbranched alkanes of at least 4 members (excludes halogenated alkanes) is 1. The Morgan fingerprint density at radius 3 is 1.03 bits per heavy atom. The number of carbonyl (C=O) groups excluding carboxylic acids is 4. The number of hydrogen-bond donors (Lipinski definition) is 0. The SMILES string of the molecule is O=C1C2C3OC(C(Br)C3Br)C2C(=O)N1CCCCN1C(=O)C2C3OC(C(Br)C3Br)C2C1=O. The van der Waals surface area contributed by atoms with Crippen molar-refractivity contribution < 1.29 is 28.7 Å². The van der Waals surface area contributed by atoms with Crippen molar-refractivity contribution in [1.29, 1.82) is 0 Å². The zero-order valence-electron chi connectivity index (χ0n) is 16.6. The number of hydrogen-bond acceptors (Lipinski definition) is 6. The summed E-state index contributed by atoms with van der Waals surface area (Å²) in [6.07, 6.45) is -0.0669. The summed E-state index contributed by atoms with van der Waals surface area (Å²) < 4.78 is 11.8. The Morgan fingerprint density at radius 2 is 0.781 bits per heavy atom. The molecule has 4 amide bonds. The largest absolute Gasteiger partial charge is 0.371 e. The number of imide groups is 2. The second kappa shape index (κ2) is 7.81. The molecular formula is C20H20Br4N2O6. The molecule has 0 radical (unpaired) electrons. The summed E-state index contributed by atoms with van der Waals surface area (Å²) in [6.45, 7) is 0.600. The van der Waals surface area contributed by atoms with Crippen molar-refractivity contribution in [2.24, 2.45) is 23.7 Å². The van der Waals surface area contributed by atoms with Gasteiger partial charge in [-0.05, 0) is 12.8 Å². The lowest BCUT2D eigenvalue weighted by Crippen LogP contribution is -2.42. The van der Waals surface area contributed by atoms with Crippen LogP contribution >= 0.6 is 63.7 Å². The second-order valence-electron chi connectivity index (χ2n) is 9.37. The Hall–Kier alpha value is 0.120. The fraction of sp³-hybridized carbons (Fsp3) is 0.800. The highest BCUT2D eigenvalue weighted by molar-refractivity contribution is 9.12. The predicted octanol–water partition coefficient (Wildman–Crippen LogP) is 1.58. The van der Waals surface area contributed by atoms with Gasteiger partial charge in [0.25, 0.3) is 0 Å². The molecule has 174 valence electrons. The molecule has 0 aromatic carbocycles. The van der Waals surface area contributed by atoms with Crippen molar-refractivity contribution in [1.82, 2.24) is 9.80 Å². The summed E-state index contributed by atoms with van der Waals surface area (Å²) in [4.78, 5) is 54.4. The molecule has 12 atom stereocenters. The van der Waals surface area contributed by atoms with Crippen molar-refractivity contribution in [3.8, 4) is 0 Å². The van der Waals surface area contributed by atoms with E-state index in [9.17, 15) is 19.2 Å². The van der Waals surface area contributed by atoms with E-state index in [2.05, 4.69) is 63.7 Å². The third-order valence-electron chi connectivity index (χ3n) is 7.90. The molecule has 12 unspecified atom stereocenters. The third-order valence-corrected chi connectivity index (χ3v) is 13.7. The minimum atomic E-state index is -0.420. The lowest BCUT2D eigenvalue weighted by atomic mass is 9.81. The summed E-state index contributed by atoms with van der Waals surface area (Å²) in [5.74, 6) is -2.35. The Balaban J connectivity index is 1.06. The zero-order valence-corrected chi connectivity index (χ0v) is 23.0. The number of nitrogens with zero attached hydrogens (tertiary/aromatic N) is 2. The van der Waals surface area contributed by atoms with E-state index in [4.69, 9.17) is 9.47 Å². The van der Waals surface area contributed by atoms with Gasteiger partial charge in [-0.15, -0.1) is 0 Å². The molecule has 12 heteroatoms. The minimum absolute atomic E-state index is 0.00889. The molecule has 4 bridgehead atoms.